The molecule has 0 saturated carbocycles. The Morgan fingerprint density at radius 1 is 0.788 bits per heavy atom. The lowest BCUT2D eigenvalue weighted by molar-refractivity contribution is 0.0927. The number of guanidine groups is 1. The molecule has 0 aliphatic carbocycles. The fourth-order valence-corrected chi connectivity index (χ4v) is 2.67. The van der Waals surface area contributed by atoms with E-state index in [1.807, 2.05) is 0 Å². The van der Waals surface area contributed by atoms with Crippen molar-refractivity contribution in [2.75, 3.05) is 13.1 Å². The number of hydrogen-bond donors (Lipinski definition) is 5. The molecule has 0 bridgehead atoms. The molecule has 11 heteroatoms. The number of nitrogens with zero attached hydrogens (tertiary/aromatic N) is 4. The molecule has 0 fully saturated rings. The van der Waals surface area contributed by atoms with Gasteiger partial charge in [-0.15, -0.1) is 10.2 Å². The number of amides is 2. The summed E-state index contributed by atoms with van der Waals surface area (Å²) in [5.41, 5.74) is 19.4. The highest BCUT2D eigenvalue weighted by molar-refractivity contribution is 6.02. The van der Waals surface area contributed by atoms with Gasteiger partial charge in [0.15, 0.2) is 0 Å². The smallest absolute Gasteiger partial charge is 0.251 e. The van der Waals surface area contributed by atoms with Crippen LogP contribution >= 0.6 is 0 Å². The van der Waals surface area contributed by atoms with Crippen molar-refractivity contribution in [1.82, 2.24) is 10.6 Å². The highest BCUT2D eigenvalue weighted by atomic mass is 16.2. The van der Waals surface area contributed by atoms with Crippen molar-refractivity contribution in [3.63, 3.8) is 0 Å². The zero-order valence-electron chi connectivity index (χ0n) is 18.4. The summed E-state index contributed by atoms with van der Waals surface area (Å²) in [7, 11) is 0. The maximum Gasteiger partial charge on any atom is 0.251 e. The number of rotatable bonds is 9. The normalized spacial score (nSPS) is 11.8. The molecular weight excluding hydrogens is 422 g/mol. The molecule has 0 spiro atoms. The molecule has 2 amide bonds. The van der Waals surface area contributed by atoms with E-state index in [0.717, 1.165) is 11.9 Å². The largest absolute Gasteiger partial charge is 0.388 e. The monoisotopic (exact) mass is 449 g/mol. The molecule has 0 aliphatic heterocycles. The van der Waals surface area contributed by atoms with Gasteiger partial charge >= 0.3 is 0 Å². The molecule has 0 radical (unpaired) electrons. The minimum absolute atomic E-state index is 0.151. The molecule has 0 saturated heterocycles. The van der Waals surface area contributed by atoms with Gasteiger partial charge in [0, 0.05) is 24.2 Å². The number of benzene rings is 2. The molecule has 0 aromatic heterocycles. The maximum absolute atomic E-state index is 12.4. The lowest BCUT2D eigenvalue weighted by Gasteiger charge is -2.09. The van der Waals surface area contributed by atoms with E-state index in [1.54, 1.807) is 62.4 Å². The quantitative estimate of drug-likeness (QED) is 0.162. The van der Waals surface area contributed by atoms with Gasteiger partial charge in [-0.2, -0.15) is 10.2 Å². The van der Waals surface area contributed by atoms with E-state index >= 15 is 0 Å². The van der Waals surface area contributed by atoms with Gasteiger partial charge in [-0.3, -0.25) is 9.59 Å². The molecule has 0 heterocycles. The van der Waals surface area contributed by atoms with Crippen LogP contribution in [0.1, 0.15) is 45.7 Å². The van der Waals surface area contributed by atoms with Crippen molar-refractivity contribution in [2.24, 2.45) is 37.6 Å². The fraction of sp³-hybridized carbons (Fsp3) is 0.182. The zero-order valence-corrected chi connectivity index (χ0v) is 18.4. The first kappa shape index (κ1) is 24.7. The van der Waals surface area contributed by atoms with Crippen LogP contribution in [0.3, 0.4) is 0 Å². The van der Waals surface area contributed by atoms with Crippen LogP contribution in [0.2, 0.25) is 0 Å². The molecule has 0 unspecified atom stereocenters. The first-order chi connectivity index (χ1) is 15.8. The third kappa shape index (κ3) is 7.90. The third-order valence-corrected chi connectivity index (χ3v) is 4.39. The van der Waals surface area contributed by atoms with Gasteiger partial charge in [0.2, 0.25) is 5.96 Å². The summed E-state index contributed by atoms with van der Waals surface area (Å²) in [6.07, 6.45) is 1.10. The van der Waals surface area contributed by atoms with Crippen LogP contribution in [0.25, 0.3) is 0 Å². The van der Waals surface area contributed by atoms with Gasteiger partial charge in [0.05, 0.1) is 11.4 Å². The Bertz CT molecular complexity index is 1100. The highest BCUT2D eigenvalue weighted by Gasteiger charge is 2.09. The van der Waals surface area contributed by atoms with Gasteiger partial charge in [0.1, 0.15) is 6.34 Å². The Labute approximate surface area is 191 Å². The van der Waals surface area contributed by atoms with E-state index in [4.69, 9.17) is 17.2 Å². The van der Waals surface area contributed by atoms with Crippen LogP contribution in [0, 0.1) is 0 Å². The average Bonchev–Trinajstić information content (AvgIpc) is 2.83. The summed E-state index contributed by atoms with van der Waals surface area (Å²) in [6.45, 7) is 4.05. The summed E-state index contributed by atoms with van der Waals surface area (Å²) < 4.78 is 0. The average molecular weight is 450 g/mol. The van der Waals surface area contributed by atoms with Gasteiger partial charge in [-0.25, -0.2) is 0 Å². The molecule has 0 aliphatic rings. The van der Waals surface area contributed by atoms with Gasteiger partial charge in [-0.1, -0.05) is 24.3 Å². The molecule has 11 nitrogen and oxygen atoms in total. The van der Waals surface area contributed by atoms with Crippen molar-refractivity contribution in [3.8, 4) is 0 Å². The van der Waals surface area contributed by atoms with Gasteiger partial charge in [0.25, 0.3) is 11.8 Å². The lowest BCUT2D eigenvalue weighted by Crippen LogP contribution is -2.34. The second-order valence-corrected chi connectivity index (χ2v) is 6.83. The van der Waals surface area contributed by atoms with Gasteiger partial charge < -0.3 is 27.8 Å². The topological polar surface area (TPSA) is 186 Å². The zero-order chi connectivity index (χ0) is 24.2. The standard InChI is InChI=1S/C22H27N9O2/c1-14(29-28-13-23)16-6-8-17(9-7-16)20(32)26-10-11-27-21(33)19-5-3-4-18(12-19)15(2)30-31-22(24)25/h3-9,12-13H,10-11H2,1-2H3,(H2,23,28)(H,26,32)(H,27,33)(H4,24,25,31)/b29-14+,30-15+. The van der Waals surface area contributed by atoms with Crippen molar-refractivity contribution in [1.29, 1.82) is 0 Å². The summed E-state index contributed by atoms with van der Waals surface area (Å²) in [6, 6.07) is 13.8. The number of nitrogens with one attached hydrogen (secondary N) is 2. The first-order valence-corrected chi connectivity index (χ1v) is 10.00. The van der Waals surface area contributed by atoms with E-state index < -0.39 is 0 Å². The van der Waals surface area contributed by atoms with E-state index in [-0.39, 0.29) is 30.9 Å². The molecule has 0 atom stereocenters. The Balaban J connectivity index is 1.87. The molecule has 2 aromatic rings. The SMILES string of the molecule is C/C(=N\N=C(N)N)c1cccc(C(=O)NCCNC(=O)c2ccc(/C(C)=N/N=C/N)cc2)c1. The van der Waals surface area contributed by atoms with Gasteiger partial charge in [-0.05, 0) is 49.2 Å². The van der Waals surface area contributed by atoms with Crippen LogP contribution in [-0.4, -0.2) is 48.6 Å². The van der Waals surface area contributed by atoms with Crippen LogP contribution in [0.15, 0.2) is 68.9 Å². The summed E-state index contributed by atoms with van der Waals surface area (Å²) in [5, 5.41) is 20.6. The summed E-state index contributed by atoms with van der Waals surface area (Å²) >= 11 is 0. The Hall–Kier alpha value is -4.54. The molecule has 172 valence electrons. The summed E-state index contributed by atoms with van der Waals surface area (Å²) in [5.74, 6) is -0.679. The van der Waals surface area contributed by atoms with E-state index in [0.29, 0.717) is 28.1 Å². The molecule has 8 N–H and O–H groups in total. The number of carbonyl (C=O) groups is 2. The number of hydrogen-bond acceptors (Lipinski definition) is 6. The van der Waals surface area contributed by atoms with Crippen LogP contribution in [0.4, 0.5) is 0 Å². The van der Waals surface area contributed by atoms with Crippen LogP contribution < -0.4 is 27.8 Å². The molecular formula is C22H27N9O2. The third-order valence-electron chi connectivity index (χ3n) is 4.39. The second kappa shape index (κ2) is 12.3. The Kier molecular flexibility index (Phi) is 9.25. The minimum atomic E-state index is -0.278. The highest BCUT2D eigenvalue weighted by Crippen LogP contribution is 2.08. The summed E-state index contributed by atoms with van der Waals surface area (Å²) in [4.78, 5) is 24.7. The van der Waals surface area contributed by atoms with Crippen molar-refractivity contribution < 1.29 is 9.59 Å². The number of carbonyl (C=O) groups excluding carboxylic acids is 2. The predicted octanol–water partition coefficient (Wildman–Crippen LogP) is 0.555. The first-order valence-electron chi connectivity index (χ1n) is 10.00. The van der Waals surface area contributed by atoms with Crippen molar-refractivity contribution in [3.05, 3.63) is 70.8 Å². The molecule has 2 rings (SSSR count). The number of nitrogens with two attached hydrogens (primary N) is 3. The fourth-order valence-electron chi connectivity index (χ4n) is 2.67. The van der Waals surface area contributed by atoms with E-state index in [1.165, 1.54) is 0 Å². The Morgan fingerprint density at radius 3 is 1.94 bits per heavy atom. The lowest BCUT2D eigenvalue weighted by atomic mass is 10.1. The Morgan fingerprint density at radius 2 is 1.33 bits per heavy atom. The van der Waals surface area contributed by atoms with Crippen LogP contribution in [0.5, 0.6) is 0 Å². The van der Waals surface area contributed by atoms with E-state index in [9.17, 15) is 9.59 Å². The minimum Gasteiger partial charge on any atom is -0.388 e. The van der Waals surface area contributed by atoms with Crippen molar-refractivity contribution >= 4 is 35.5 Å². The maximum atomic E-state index is 12.4. The molecule has 2 aromatic carbocycles. The predicted molar refractivity (Wildman–Crippen MR) is 130 cm³/mol. The van der Waals surface area contributed by atoms with Crippen LogP contribution in [-0.2, 0) is 0 Å². The van der Waals surface area contributed by atoms with Crippen molar-refractivity contribution in [2.45, 2.75) is 13.8 Å². The second-order valence-electron chi connectivity index (χ2n) is 6.83. The van der Waals surface area contributed by atoms with E-state index in [2.05, 4.69) is 31.0 Å². The molecule has 33 heavy (non-hydrogen) atoms.